The number of fused-ring (bicyclic) bond motifs is 4. The summed E-state index contributed by atoms with van der Waals surface area (Å²) in [6, 6.07) is 9.28. The molecular formula is C31H42O3. The second-order valence-corrected chi connectivity index (χ2v) is 11.7. The lowest BCUT2D eigenvalue weighted by Crippen LogP contribution is -2.47. The van der Waals surface area contributed by atoms with Crippen molar-refractivity contribution in [3.8, 4) is 0 Å². The van der Waals surface area contributed by atoms with Crippen molar-refractivity contribution in [3.05, 3.63) is 59.7 Å². The Morgan fingerprint density at radius 2 is 1.71 bits per heavy atom. The maximum absolute atomic E-state index is 12.7. The fraction of sp³-hybridized carbons (Fsp3) is 0.645. The van der Waals surface area contributed by atoms with Crippen LogP contribution >= 0.6 is 0 Å². The number of hydrogen-bond acceptors (Lipinski definition) is 3. The second kappa shape index (κ2) is 9.06. The summed E-state index contributed by atoms with van der Waals surface area (Å²) in [7, 11) is 0. The Morgan fingerprint density at radius 3 is 2.38 bits per heavy atom. The number of aryl methyl sites for hydroxylation is 1. The van der Waals surface area contributed by atoms with Crippen molar-refractivity contribution < 1.29 is 14.3 Å². The third-order valence-corrected chi connectivity index (χ3v) is 10.1. The summed E-state index contributed by atoms with van der Waals surface area (Å²) in [5.74, 6) is 2.72. The molecule has 3 saturated carbocycles. The van der Waals surface area contributed by atoms with E-state index in [-0.39, 0.29) is 17.1 Å². The zero-order valence-electron chi connectivity index (χ0n) is 21.4. The van der Waals surface area contributed by atoms with Gasteiger partial charge in [-0.25, -0.2) is 0 Å². The highest BCUT2D eigenvalue weighted by Crippen LogP contribution is 2.66. The molecule has 6 atom stereocenters. The molecule has 0 N–H and O–H groups in total. The monoisotopic (exact) mass is 462 g/mol. The van der Waals surface area contributed by atoms with Crippen LogP contribution in [-0.4, -0.2) is 24.8 Å². The number of benzene rings is 1. The van der Waals surface area contributed by atoms with Crippen LogP contribution in [0, 0.1) is 36.0 Å². The highest BCUT2D eigenvalue weighted by Gasteiger charge is 2.58. The van der Waals surface area contributed by atoms with Gasteiger partial charge in [0.1, 0.15) is 5.78 Å². The van der Waals surface area contributed by atoms with Crippen molar-refractivity contribution >= 4 is 5.78 Å². The minimum Gasteiger partial charge on any atom is -0.348 e. The normalized spacial score (nSPS) is 37.9. The zero-order valence-corrected chi connectivity index (χ0v) is 21.4. The van der Waals surface area contributed by atoms with Crippen LogP contribution in [-0.2, 0) is 14.3 Å². The van der Waals surface area contributed by atoms with E-state index in [4.69, 9.17) is 9.47 Å². The maximum atomic E-state index is 12.7. The Bertz CT molecular complexity index is 953. The number of carbonyl (C=O) groups excluding carboxylic acids is 1. The zero-order chi connectivity index (χ0) is 24.1. The summed E-state index contributed by atoms with van der Waals surface area (Å²) >= 11 is 0. The molecule has 6 unspecified atom stereocenters. The summed E-state index contributed by atoms with van der Waals surface area (Å²) in [6.45, 7) is 14.0. The van der Waals surface area contributed by atoms with E-state index in [9.17, 15) is 4.79 Å². The number of hydrogen-bond donors (Lipinski definition) is 0. The number of Topliss-reactive ketones (excluding diaryl/α,β-unsaturated/α-hetero) is 1. The molecule has 34 heavy (non-hydrogen) atoms. The molecule has 1 aliphatic heterocycles. The Hall–Kier alpha value is -1.71. The number of ketones is 1. The number of ether oxygens (including phenoxy) is 2. The van der Waals surface area contributed by atoms with Crippen molar-refractivity contribution in [2.45, 2.75) is 83.8 Å². The molecule has 5 aliphatic rings. The van der Waals surface area contributed by atoms with Crippen molar-refractivity contribution in [1.82, 2.24) is 0 Å². The first kappa shape index (κ1) is 24.0. The van der Waals surface area contributed by atoms with Crippen molar-refractivity contribution in [1.29, 1.82) is 0 Å². The van der Waals surface area contributed by atoms with Crippen LogP contribution in [0.3, 0.4) is 0 Å². The van der Waals surface area contributed by atoms with Crippen LogP contribution in [0.4, 0.5) is 0 Å². The number of rotatable bonds is 2. The quantitative estimate of drug-likeness (QED) is 0.438. The molecule has 0 aromatic heterocycles. The third-order valence-electron chi connectivity index (χ3n) is 10.1. The molecule has 4 fully saturated rings. The highest BCUT2D eigenvalue weighted by atomic mass is 16.7. The molecule has 3 heteroatoms. The van der Waals surface area contributed by atoms with E-state index in [0.29, 0.717) is 29.5 Å². The molecule has 1 spiro atoms. The Kier molecular flexibility index (Phi) is 6.40. The van der Waals surface area contributed by atoms with E-state index < -0.39 is 0 Å². The van der Waals surface area contributed by atoms with E-state index in [1.165, 1.54) is 30.4 Å². The van der Waals surface area contributed by atoms with Crippen molar-refractivity contribution in [2.24, 2.45) is 29.1 Å². The summed E-state index contributed by atoms with van der Waals surface area (Å²) in [4.78, 5) is 12.7. The smallest absolute Gasteiger partial charge is 0.169 e. The number of allylic oxidation sites excluding steroid dienone is 2. The standard InChI is InChI=1S/C29H38O3.C2H4/c1-18-4-6-20(7-5-18)24-17-28(3)25(19(2)30)10-11-26(28)23-9-8-21-16-29(31-14-15-32-29)13-12-22(21)27(23)24;1-2/h4-7,21,23-26H,8-17H2,1-3H3;1-2H2. The first-order valence-corrected chi connectivity index (χ1v) is 13.5. The minimum atomic E-state index is -0.308. The Balaban J connectivity index is 0.00000117. The van der Waals surface area contributed by atoms with Crippen LogP contribution in [0.5, 0.6) is 0 Å². The van der Waals surface area contributed by atoms with Crippen LogP contribution in [0.2, 0.25) is 0 Å². The second-order valence-electron chi connectivity index (χ2n) is 11.7. The van der Waals surface area contributed by atoms with Crippen LogP contribution in [0.1, 0.15) is 82.3 Å². The van der Waals surface area contributed by atoms with Gasteiger partial charge < -0.3 is 9.47 Å². The predicted octanol–water partition coefficient (Wildman–Crippen LogP) is 7.16. The molecule has 1 heterocycles. The van der Waals surface area contributed by atoms with Gasteiger partial charge in [0.2, 0.25) is 0 Å². The lowest BCUT2D eigenvalue weighted by atomic mass is 9.51. The molecule has 0 amide bonds. The van der Waals surface area contributed by atoms with Gasteiger partial charge in [0, 0.05) is 24.7 Å². The SMILES string of the molecule is C=C.CC(=O)C1CCC2C3CCC4CC5(CCC4=C3C(c3ccc(C)cc3)CC12C)OCCO5. The van der Waals surface area contributed by atoms with Gasteiger partial charge >= 0.3 is 0 Å². The first-order valence-electron chi connectivity index (χ1n) is 13.5. The van der Waals surface area contributed by atoms with E-state index in [1.54, 1.807) is 11.1 Å². The fourth-order valence-electron chi connectivity index (χ4n) is 8.75. The maximum Gasteiger partial charge on any atom is 0.169 e. The third kappa shape index (κ3) is 3.75. The van der Waals surface area contributed by atoms with Gasteiger partial charge in [-0.1, -0.05) is 47.9 Å². The molecular weight excluding hydrogens is 420 g/mol. The van der Waals surface area contributed by atoms with Gasteiger partial charge in [-0.15, -0.1) is 13.2 Å². The Labute approximate surface area is 206 Å². The van der Waals surface area contributed by atoms with Gasteiger partial charge in [0.05, 0.1) is 13.2 Å². The first-order chi connectivity index (χ1) is 16.4. The summed E-state index contributed by atoms with van der Waals surface area (Å²) in [6.07, 6.45) is 9.14. The molecule has 1 aromatic carbocycles. The van der Waals surface area contributed by atoms with Crippen LogP contribution in [0.15, 0.2) is 48.6 Å². The molecule has 0 radical (unpaired) electrons. The van der Waals surface area contributed by atoms with Gasteiger partial charge in [-0.05, 0) is 81.1 Å². The molecule has 1 saturated heterocycles. The lowest BCUT2D eigenvalue weighted by Gasteiger charge is -2.54. The minimum absolute atomic E-state index is 0.135. The average Bonchev–Trinajstić information content (AvgIpc) is 3.44. The molecule has 4 aliphatic carbocycles. The summed E-state index contributed by atoms with van der Waals surface area (Å²) < 4.78 is 12.3. The summed E-state index contributed by atoms with van der Waals surface area (Å²) in [5, 5.41) is 0. The highest BCUT2D eigenvalue weighted by molar-refractivity contribution is 5.79. The van der Waals surface area contributed by atoms with Crippen LogP contribution < -0.4 is 0 Å². The fourth-order valence-corrected chi connectivity index (χ4v) is 8.75. The van der Waals surface area contributed by atoms with Gasteiger partial charge in [0.25, 0.3) is 0 Å². The van der Waals surface area contributed by atoms with Crippen molar-refractivity contribution in [2.75, 3.05) is 13.2 Å². The topological polar surface area (TPSA) is 35.5 Å². The predicted molar refractivity (Wildman–Crippen MR) is 137 cm³/mol. The van der Waals surface area contributed by atoms with Crippen molar-refractivity contribution in [3.63, 3.8) is 0 Å². The molecule has 1 aromatic rings. The van der Waals surface area contributed by atoms with Gasteiger partial charge in [-0.3, -0.25) is 4.79 Å². The van der Waals surface area contributed by atoms with Crippen LogP contribution in [0.25, 0.3) is 0 Å². The van der Waals surface area contributed by atoms with Gasteiger partial charge in [0.15, 0.2) is 5.79 Å². The van der Waals surface area contributed by atoms with Gasteiger partial charge in [-0.2, -0.15) is 0 Å². The molecule has 0 bridgehead atoms. The lowest BCUT2D eigenvalue weighted by molar-refractivity contribution is -0.181. The average molecular weight is 463 g/mol. The largest absolute Gasteiger partial charge is 0.348 e. The molecule has 3 nitrogen and oxygen atoms in total. The molecule has 184 valence electrons. The van der Waals surface area contributed by atoms with E-state index in [2.05, 4.69) is 51.3 Å². The molecule has 6 rings (SSSR count). The summed E-state index contributed by atoms with van der Waals surface area (Å²) in [5.41, 5.74) is 6.43. The van der Waals surface area contributed by atoms with E-state index >= 15 is 0 Å². The van der Waals surface area contributed by atoms with E-state index in [0.717, 1.165) is 45.3 Å². The van der Waals surface area contributed by atoms with E-state index in [1.807, 2.05) is 6.92 Å². The number of carbonyl (C=O) groups is 1. The Morgan fingerprint density at radius 1 is 1.00 bits per heavy atom.